The van der Waals surface area contributed by atoms with E-state index in [2.05, 4.69) is 40.0 Å². The van der Waals surface area contributed by atoms with Crippen LogP contribution in [0.4, 0.5) is 17.1 Å². The quantitative estimate of drug-likeness (QED) is 0.220. The van der Waals surface area contributed by atoms with Crippen molar-refractivity contribution in [1.82, 2.24) is 4.57 Å². The largest absolute Gasteiger partial charge is 0.372 e. The van der Waals surface area contributed by atoms with E-state index in [-0.39, 0.29) is 29.1 Å². The Balaban J connectivity index is 1.42. The number of carbonyl (C=O) groups excluding carboxylic acids is 3. The van der Waals surface area contributed by atoms with Gasteiger partial charge in [-0.2, -0.15) is 0 Å². The van der Waals surface area contributed by atoms with Gasteiger partial charge >= 0.3 is 4.87 Å². The van der Waals surface area contributed by atoms with Crippen molar-refractivity contribution in [3.05, 3.63) is 103 Å². The van der Waals surface area contributed by atoms with E-state index in [9.17, 15) is 19.2 Å². The van der Waals surface area contributed by atoms with Crippen LogP contribution in [-0.2, 0) is 20.9 Å². The molecule has 0 bridgehead atoms. The van der Waals surface area contributed by atoms with Gasteiger partial charge in [-0.15, -0.1) is 0 Å². The SMILES string of the molecule is CCN(CC)c1ccc([C@H]2c3sc(=O)n(CC(=O)Nc4ccccc4C)c3SC3C(=O)N(c4ccc(Br)cc4)C(=O)C32)cc1. The highest BCUT2D eigenvalue weighted by Gasteiger charge is 2.56. The molecule has 1 fully saturated rings. The lowest BCUT2D eigenvalue weighted by atomic mass is 9.83. The fourth-order valence-electron chi connectivity index (χ4n) is 5.99. The zero-order valence-corrected chi connectivity index (χ0v) is 27.7. The molecule has 0 saturated carbocycles. The second-order valence-corrected chi connectivity index (χ2v) is 13.8. The van der Waals surface area contributed by atoms with Crippen molar-refractivity contribution >= 4 is 73.8 Å². The van der Waals surface area contributed by atoms with Crippen molar-refractivity contribution in [2.75, 3.05) is 28.2 Å². The summed E-state index contributed by atoms with van der Waals surface area (Å²) in [6.07, 6.45) is 0. The number of fused-ring (bicyclic) bond motifs is 2. The molecule has 2 aliphatic heterocycles. The van der Waals surface area contributed by atoms with Crippen LogP contribution < -0.4 is 20.0 Å². The lowest BCUT2D eigenvalue weighted by Gasteiger charge is -2.31. The third-order valence-corrected chi connectivity index (χ3v) is 11.4. The second-order valence-electron chi connectivity index (χ2n) is 10.8. The third-order valence-electron chi connectivity index (χ3n) is 8.24. The van der Waals surface area contributed by atoms with Gasteiger partial charge in [0.1, 0.15) is 11.8 Å². The zero-order valence-electron chi connectivity index (χ0n) is 24.5. The first kappa shape index (κ1) is 30.4. The van der Waals surface area contributed by atoms with Crippen molar-refractivity contribution in [3.8, 4) is 0 Å². The maximum atomic E-state index is 14.1. The maximum Gasteiger partial charge on any atom is 0.308 e. The second kappa shape index (κ2) is 12.4. The average molecular weight is 692 g/mol. The molecule has 1 aromatic heterocycles. The predicted octanol–water partition coefficient (Wildman–Crippen LogP) is 6.26. The highest BCUT2D eigenvalue weighted by molar-refractivity contribution is 9.10. The number of para-hydroxylation sites is 1. The molecule has 2 aliphatic rings. The molecule has 6 rings (SSSR count). The molecule has 11 heteroatoms. The number of aryl methyl sites for hydroxylation is 1. The highest BCUT2D eigenvalue weighted by Crippen LogP contribution is 2.54. The molecule has 4 aromatic rings. The van der Waals surface area contributed by atoms with Crippen LogP contribution in [0.25, 0.3) is 0 Å². The Morgan fingerprint density at radius 3 is 2.27 bits per heavy atom. The van der Waals surface area contributed by atoms with Gasteiger partial charge in [-0.05, 0) is 74.4 Å². The van der Waals surface area contributed by atoms with E-state index in [1.165, 1.54) is 21.2 Å². The summed E-state index contributed by atoms with van der Waals surface area (Å²) < 4.78 is 2.29. The number of anilines is 3. The van der Waals surface area contributed by atoms with Crippen molar-refractivity contribution in [2.45, 2.75) is 43.5 Å². The first-order valence-electron chi connectivity index (χ1n) is 14.5. The monoisotopic (exact) mass is 690 g/mol. The summed E-state index contributed by atoms with van der Waals surface area (Å²) in [6.45, 7) is 7.61. The van der Waals surface area contributed by atoms with Crippen LogP contribution in [0.2, 0.25) is 0 Å². The van der Waals surface area contributed by atoms with Crippen molar-refractivity contribution in [1.29, 1.82) is 0 Å². The summed E-state index contributed by atoms with van der Waals surface area (Å²) in [4.78, 5) is 58.6. The Hall–Kier alpha value is -3.67. The highest BCUT2D eigenvalue weighted by atomic mass is 79.9. The lowest BCUT2D eigenvalue weighted by Crippen LogP contribution is -2.33. The summed E-state index contributed by atoms with van der Waals surface area (Å²) >= 11 is 5.69. The molecule has 3 aromatic carbocycles. The molecular formula is C33H31BrN4O4S2. The summed E-state index contributed by atoms with van der Waals surface area (Å²) in [5.41, 5.74) is 4.01. The number of imide groups is 1. The van der Waals surface area contributed by atoms with Gasteiger partial charge in [0.15, 0.2) is 0 Å². The fraction of sp³-hybridized carbons (Fsp3) is 0.273. The number of amides is 3. The number of nitrogens with one attached hydrogen (secondary N) is 1. The number of carbonyl (C=O) groups is 3. The van der Waals surface area contributed by atoms with Crippen LogP contribution in [0.3, 0.4) is 0 Å². The number of benzene rings is 3. The summed E-state index contributed by atoms with van der Waals surface area (Å²) in [7, 11) is 0. The van der Waals surface area contributed by atoms with Crippen molar-refractivity contribution < 1.29 is 14.4 Å². The minimum Gasteiger partial charge on any atom is -0.372 e. The average Bonchev–Trinajstić information content (AvgIpc) is 3.46. The minimum absolute atomic E-state index is 0.199. The topological polar surface area (TPSA) is 91.7 Å². The Morgan fingerprint density at radius 2 is 1.61 bits per heavy atom. The van der Waals surface area contributed by atoms with Crippen molar-refractivity contribution in [2.24, 2.45) is 5.92 Å². The Kier molecular flexibility index (Phi) is 8.54. The van der Waals surface area contributed by atoms with Crippen LogP contribution in [0, 0.1) is 12.8 Å². The van der Waals surface area contributed by atoms with Crippen LogP contribution in [0.15, 0.2) is 87.1 Å². The molecule has 1 saturated heterocycles. The van der Waals surface area contributed by atoms with Gasteiger partial charge in [0.05, 0.1) is 16.6 Å². The normalized spacial score (nSPS) is 19.1. The number of thioether (sulfide) groups is 1. The van der Waals surface area contributed by atoms with E-state index in [4.69, 9.17) is 0 Å². The van der Waals surface area contributed by atoms with E-state index in [0.717, 1.165) is 45.7 Å². The molecule has 3 amide bonds. The number of hydrogen-bond acceptors (Lipinski definition) is 7. The maximum absolute atomic E-state index is 14.1. The first-order valence-corrected chi connectivity index (χ1v) is 16.9. The van der Waals surface area contributed by atoms with Crippen molar-refractivity contribution in [3.63, 3.8) is 0 Å². The molecule has 8 nitrogen and oxygen atoms in total. The summed E-state index contributed by atoms with van der Waals surface area (Å²) in [5, 5.41) is 2.73. The number of aromatic nitrogens is 1. The number of halogens is 1. The van der Waals surface area contributed by atoms with E-state index >= 15 is 0 Å². The molecule has 0 aliphatic carbocycles. The minimum atomic E-state index is -0.745. The van der Waals surface area contributed by atoms with Crippen LogP contribution in [0.1, 0.15) is 35.8 Å². The first-order chi connectivity index (χ1) is 21.2. The number of thiazole rings is 1. The van der Waals surface area contributed by atoms with E-state index in [1.54, 1.807) is 24.3 Å². The van der Waals surface area contributed by atoms with Gasteiger partial charge in [-0.25, -0.2) is 4.90 Å². The molecule has 0 spiro atoms. The number of rotatable bonds is 8. The zero-order chi connectivity index (χ0) is 31.1. The van der Waals surface area contributed by atoms with Gasteiger partial charge in [0.25, 0.3) is 0 Å². The Labute approximate surface area is 272 Å². The summed E-state index contributed by atoms with van der Waals surface area (Å²) in [5.74, 6) is -2.16. The van der Waals surface area contributed by atoms with Gasteiger partial charge < -0.3 is 10.2 Å². The fourth-order valence-corrected chi connectivity index (χ4v) is 9.02. The van der Waals surface area contributed by atoms with Gasteiger partial charge in [0, 0.05) is 39.7 Å². The van der Waals surface area contributed by atoms with Gasteiger partial charge in [-0.1, -0.05) is 69.4 Å². The number of nitrogens with zero attached hydrogens (tertiary/aromatic N) is 3. The van der Waals surface area contributed by atoms with E-state index in [0.29, 0.717) is 21.3 Å². The molecular weight excluding hydrogens is 660 g/mol. The molecule has 226 valence electrons. The smallest absolute Gasteiger partial charge is 0.308 e. The third kappa shape index (κ3) is 5.41. The van der Waals surface area contributed by atoms with Gasteiger partial charge in [0.2, 0.25) is 17.7 Å². The predicted molar refractivity (Wildman–Crippen MR) is 180 cm³/mol. The van der Waals surface area contributed by atoms with E-state index in [1.807, 2.05) is 55.5 Å². The van der Waals surface area contributed by atoms with Gasteiger partial charge in [-0.3, -0.25) is 23.7 Å². The van der Waals surface area contributed by atoms with Crippen LogP contribution >= 0.6 is 39.0 Å². The van der Waals surface area contributed by atoms with Crippen LogP contribution in [0.5, 0.6) is 0 Å². The molecule has 0 radical (unpaired) electrons. The molecule has 3 atom stereocenters. The Bertz CT molecular complexity index is 1800. The molecule has 2 unspecified atom stereocenters. The molecule has 44 heavy (non-hydrogen) atoms. The molecule has 3 heterocycles. The Morgan fingerprint density at radius 1 is 0.932 bits per heavy atom. The number of hydrogen-bond donors (Lipinski definition) is 1. The molecule has 1 N–H and O–H groups in total. The standard InChI is InChI=1S/C33H31BrN4O4S2/c1-4-36(5-2)22-14-10-20(11-15-22)26-27-28(31(41)38(30(27)40)23-16-12-21(34)13-17-23)43-32-29(26)44-33(42)37(32)18-25(39)35-24-9-7-6-8-19(24)3/h6-17,26-28H,4-5,18H2,1-3H3,(H,35,39)/t26-,27?,28?/m1/s1. The van der Waals surface area contributed by atoms with E-state index < -0.39 is 17.1 Å². The summed E-state index contributed by atoms with van der Waals surface area (Å²) in [6, 6.07) is 22.6. The van der Waals surface area contributed by atoms with Crippen LogP contribution in [-0.4, -0.2) is 40.6 Å². The lowest BCUT2D eigenvalue weighted by molar-refractivity contribution is -0.122.